The molecule has 2 amide bonds. The maximum Gasteiger partial charge on any atom is 0.227 e. The Morgan fingerprint density at radius 3 is 2.72 bits per heavy atom. The number of carbonyl (C=O) groups excluding carboxylic acids is 2. The van der Waals surface area contributed by atoms with E-state index in [-0.39, 0.29) is 23.8 Å². The first-order chi connectivity index (χ1) is 12.0. The highest BCUT2D eigenvalue weighted by Gasteiger charge is 2.30. The van der Waals surface area contributed by atoms with Crippen LogP contribution in [0.15, 0.2) is 30.3 Å². The monoisotopic (exact) mass is 345 g/mol. The number of likely N-dealkylation sites (tertiary alicyclic amines) is 1. The molecular formula is C20H31N3O2. The topological polar surface area (TPSA) is 75.4 Å². The van der Waals surface area contributed by atoms with E-state index in [2.05, 4.69) is 5.32 Å². The molecule has 1 aliphatic heterocycles. The van der Waals surface area contributed by atoms with Crippen LogP contribution in [-0.4, -0.2) is 36.3 Å². The van der Waals surface area contributed by atoms with Crippen LogP contribution in [-0.2, 0) is 9.59 Å². The molecule has 0 aromatic heterocycles. The van der Waals surface area contributed by atoms with Crippen molar-refractivity contribution in [3.05, 3.63) is 35.9 Å². The van der Waals surface area contributed by atoms with Crippen LogP contribution in [0.3, 0.4) is 0 Å². The molecule has 1 saturated heterocycles. The first kappa shape index (κ1) is 19.4. The molecule has 5 nitrogen and oxygen atoms in total. The Labute approximate surface area is 151 Å². The van der Waals surface area contributed by atoms with Gasteiger partial charge in [-0.1, -0.05) is 44.2 Å². The summed E-state index contributed by atoms with van der Waals surface area (Å²) in [6, 6.07) is 9.49. The second-order valence-corrected chi connectivity index (χ2v) is 7.07. The molecule has 3 N–H and O–H groups in total. The Hall–Kier alpha value is -1.88. The van der Waals surface area contributed by atoms with Crippen LogP contribution in [0.2, 0.25) is 0 Å². The molecule has 0 aliphatic carbocycles. The summed E-state index contributed by atoms with van der Waals surface area (Å²) in [5.74, 6) is 0.292. The highest BCUT2D eigenvalue weighted by atomic mass is 16.2. The van der Waals surface area contributed by atoms with Crippen molar-refractivity contribution in [2.24, 2.45) is 17.6 Å². The van der Waals surface area contributed by atoms with Crippen molar-refractivity contribution in [1.29, 1.82) is 0 Å². The fraction of sp³-hybridized carbons (Fsp3) is 0.600. The maximum absolute atomic E-state index is 12.9. The number of nitrogens with two attached hydrogens (primary N) is 1. The standard InChI is InChI=1S/C20H31N3O2/c1-3-8-18(24)22-13-16-9-7-12-23(14-16)20(25)15(2)19(21)17-10-5-4-6-11-17/h4-6,10-11,15-16,19H,3,7-9,12-14,21H2,1-2H3,(H,22,24). The lowest BCUT2D eigenvalue weighted by Crippen LogP contribution is -2.47. The zero-order valence-corrected chi connectivity index (χ0v) is 15.4. The number of piperidine rings is 1. The molecule has 1 aliphatic rings. The first-order valence-electron chi connectivity index (χ1n) is 9.39. The summed E-state index contributed by atoms with van der Waals surface area (Å²) < 4.78 is 0. The summed E-state index contributed by atoms with van der Waals surface area (Å²) >= 11 is 0. The molecule has 1 heterocycles. The SMILES string of the molecule is CCCC(=O)NCC1CCCN(C(=O)C(C)C(N)c2ccccc2)C1. The number of hydrogen-bond acceptors (Lipinski definition) is 3. The van der Waals surface area contributed by atoms with Gasteiger partial charge in [-0.25, -0.2) is 0 Å². The largest absolute Gasteiger partial charge is 0.356 e. The van der Waals surface area contributed by atoms with E-state index in [9.17, 15) is 9.59 Å². The zero-order valence-electron chi connectivity index (χ0n) is 15.4. The van der Waals surface area contributed by atoms with Crippen molar-refractivity contribution in [2.45, 2.75) is 45.6 Å². The van der Waals surface area contributed by atoms with Crippen LogP contribution >= 0.6 is 0 Å². The molecular weight excluding hydrogens is 314 g/mol. The molecule has 2 rings (SSSR count). The highest BCUT2D eigenvalue weighted by molar-refractivity contribution is 5.79. The predicted molar refractivity (Wildman–Crippen MR) is 99.8 cm³/mol. The van der Waals surface area contributed by atoms with Gasteiger partial charge in [0.25, 0.3) is 0 Å². The molecule has 25 heavy (non-hydrogen) atoms. The number of hydrogen-bond donors (Lipinski definition) is 2. The summed E-state index contributed by atoms with van der Waals surface area (Å²) in [6.07, 6.45) is 3.46. The Morgan fingerprint density at radius 1 is 1.32 bits per heavy atom. The van der Waals surface area contributed by atoms with Crippen molar-refractivity contribution in [2.75, 3.05) is 19.6 Å². The number of rotatable bonds is 7. The molecule has 5 heteroatoms. The van der Waals surface area contributed by atoms with Crippen molar-refractivity contribution in [1.82, 2.24) is 10.2 Å². The van der Waals surface area contributed by atoms with E-state index in [1.165, 1.54) is 0 Å². The van der Waals surface area contributed by atoms with Gasteiger partial charge < -0.3 is 16.0 Å². The molecule has 3 atom stereocenters. The quantitative estimate of drug-likeness (QED) is 0.797. The molecule has 1 aromatic rings. The normalized spacial score (nSPS) is 20.0. The van der Waals surface area contributed by atoms with E-state index in [4.69, 9.17) is 5.73 Å². The van der Waals surface area contributed by atoms with E-state index < -0.39 is 0 Å². The van der Waals surface area contributed by atoms with Gasteiger partial charge in [0.15, 0.2) is 0 Å². The van der Waals surface area contributed by atoms with Crippen molar-refractivity contribution < 1.29 is 9.59 Å². The first-order valence-corrected chi connectivity index (χ1v) is 9.39. The molecule has 3 unspecified atom stereocenters. The Bertz CT molecular complexity index is 561. The molecule has 1 aromatic carbocycles. The van der Waals surface area contributed by atoms with Crippen LogP contribution in [0, 0.1) is 11.8 Å². The van der Waals surface area contributed by atoms with Crippen LogP contribution in [0.1, 0.15) is 51.1 Å². The second kappa shape index (κ2) is 9.56. The Kier molecular flexibility index (Phi) is 7.44. The average Bonchev–Trinajstić information content (AvgIpc) is 2.66. The fourth-order valence-corrected chi connectivity index (χ4v) is 3.41. The lowest BCUT2D eigenvalue weighted by Gasteiger charge is -2.35. The Morgan fingerprint density at radius 2 is 2.04 bits per heavy atom. The van der Waals surface area contributed by atoms with Crippen LogP contribution < -0.4 is 11.1 Å². The maximum atomic E-state index is 12.9. The van der Waals surface area contributed by atoms with E-state index in [0.29, 0.717) is 25.4 Å². The molecule has 0 spiro atoms. The summed E-state index contributed by atoms with van der Waals surface area (Å²) in [6.45, 7) is 6.05. The van der Waals surface area contributed by atoms with E-state index in [1.54, 1.807) is 0 Å². The second-order valence-electron chi connectivity index (χ2n) is 7.07. The lowest BCUT2D eigenvalue weighted by molar-refractivity contribution is -0.137. The van der Waals surface area contributed by atoms with Gasteiger partial charge in [-0.2, -0.15) is 0 Å². The highest BCUT2D eigenvalue weighted by Crippen LogP contribution is 2.24. The molecule has 138 valence electrons. The molecule has 0 radical (unpaired) electrons. The van der Waals surface area contributed by atoms with Crippen LogP contribution in [0.4, 0.5) is 0 Å². The van der Waals surface area contributed by atoms with Gasteiger partial charge in [0.05, 0.1) is 5.92 Å². The predicted octanol–water partition coefficient (Wildman–Crippen LogP) is 2.48. The Balaban J connectivity index is 1.89. The van der Waals surface area contributed by atoms with Gasteiger partial charge in [0, 0.05) is 32.1 Å². The summed E-state index contributed by atoms with van der Waals surface area (Å²) in [4.78, 5) is 26.4. The van der Waals surface area contributed by atoms with Gasteiger partial charge in [-0.05, 0) is 30.7 Å². The minimum atomic E-state index is -0.293. The van der Waals surface area contributed by atoms with E-state index >= 15 is 0 Å². The number of benzene rings is 1. The number of nitrogens with zero attached hydrogens (tertiary/aromatic N) is 1. The van der Waals surface area contributed by atoms with Crippen LogP contribution in [0.5, 0.6) is 0 Å². The van der Waals surface area contributed by atoms with Gasteiger partial charge >= 0.3 is 0 Å². The number of carbonyl (C=O) groups is 2. The third-order valence-corrected chi connectivity index (χ3v) is 5.01. The van der Waals surface area contributed by atoms with Crippen molar-refractivity contribution >= 4 is 11.8 Å². The van der Waals surface area contributed by atoms with Crippen molar-refractivity contribution in [3.8, 4) is 0 Å². The zero-order chi connectivity index (χ0) is 18.2. The van der Waals surface area contributed by atoms with Gasteiger partial charge in [-0.3, -0.25) is 9.59 Å². The van der Waals surface area contributed by atoms with E-state index in [0.717, 1.165) is 31.4 Å². The smallest absolute Gasteiger partial charge is 0.227 e. The van der Waals surface area contributed by atoms with Gasteiger partial charge in [-0.15, -0.1) is 0 Å². The lowest BCUT2D eigenvalue weighted by atomic mass is 9.92. The number of amides is 2. The fourth-order valence-electron chi connectivity index (χ4n) is 3.41. The number of nitrogens with one attached hydrogen (secondary N) is 1. The third kappa shape index (κ3) is 5.56. The molecule has 1 fully saturated rings. The summed E-state index contributed by atoms with van der Waals surface area (Å²) in [5, 5.41) is 2.99. The molecule has 0 saturated carbocycles. The third-order valence-electron chi connectivity index (χ3n) is 5.01. The van der Waals surface area contributed by atoms with Crippen LogP contribution in [0.25, 0.3) is 0 Å². The molecule has 0 bridgehead atoms. The van der Waals surface area contributed by atoms with Gasteiger partial charge in [0.1, 0.15) is 0 Å². The van der Waals surface area contributed by atoms with E-state index in [1.807, 2.05) is 49.1 Å². The average molecular weight is 345 g/mol. The van der Waals surface area contributed by atoms with Crippen molar-refractivity contribution in [3.63, 3.8) is 0 Å². The summed E-state index contributed by atoms with van der Waals surface area (Å²) in [7, 11) is 0. The minimum Gasteiger partial charge on any atom is -0.356 e. The minimum absolute atomic E-state index is 0.102. The summed E-state index contributed by atoms with van der Waals surface area (Å²) in [5.41, 5.74) is 7.30. The van der Waals surface area contributed by atoms with Gasteiger partial charge in [0.2, 0.25) is 11.8 Å².